The Kier molecular flexibility index (Phi) is 14.1. The van der Waals surface area contributed by atoms with Crippen molar-refractivity contribution in [2.24, 2.45) is 0 Å². The van der Waals surface area contributed by atoms with Crippen molar-refractivity contribution in [1.82, 2.24) is 19.1 Å². The number of carbonyl (C=O) groups is 2. The molecular formula is C35H36Br2N4O14S2. The summed E-state index contributed by atoms with van der Waals surface area (Å²) in [5.41, 5.74) is -2.96. The van der Waals surface area contributed by atoms with Gasteiger partial charge in [-0.25, -0.2) is 19.6 Å². The van der Waals surface area contributed by atoms with Crippen molar-refractivity contribution in [3.63, 3.8) is 0 Å². The molecule has 57 heavy (non-hydrogen) atoms. The molecule has 0 saturated heterocycles. The number of carboxylic acid groups (broad SMARTS) is 1. The van der Waals surface area contributed by atoms with Crippen molar-refractivity contribution in [3.05, 3.63) is 104 Å². The molecule has 2 aromatic carbocycles. The Balaban J connectivity index is 0.000000218. The van der Waals surface area contributed by atoms with E-state index in [9.17, 15) is 41.1 Å². The topological polar surface area (TPSA) is 239 Å². The van der Waals surface area contributed by atoms with E-state index in [1.807, 2.05) is 13.8 Å². The van der Waals surface area contributed by atoms with Crippen LogP contribution >= 0.6 is 31.9 Å². The molecule has 0 amide bonds. The molecule has 6 rings (SSSR count). The van der Waals surface area contributed by atoms with Gasteiger partial charge in [-0.1, -0.05) is 82.1 Å². The third-order valence-electron chi connectivity index (χ3n) is 8.62. The highest BCUT2D eigenvalue weighted by Gasteiger charge is 2.35. The van der Waals surface area contributed by atoms with Crippen LogP contribution in [0.4, 0.5) is 0 Å². The number of hydrogen-bond acceptors (Lipinski definition) is 15. The minimum absolute atomic E-state index is 0.149. The van der Waals surface area contributed by atoms with Crippen molar-refractivity contribution in [1.29, 1.82) is 0 Å². The first-order valence-electron chi connectivity index (χ1n) is 17.1. The summed E-state index contributed by atoms with van der Waals surface area (Å²) >= 11 is 6.73. The molecule has 0 bridgehead atoms. The Morgan fingerprint density at radius 2 is 1.11 bits per heavy atom. The van der Waals surface area contributed by atoms with E-state index in [-0.39, 0.29) is 47.9 Å². The van der Waals surface area contributed by atoms with E-state index in [1.165, 1.54) is 57.7 Å². The van der Waals surface area contributed by atoms with Crippen molar-refractivity contribution in [2.75, 3.05) is 33.5 Å². The zero-order chi connectivity index (χ0) is 41.7. The smallest absolute Gasteiger partial charge is 0.360 e. The minimum Gasteiger partial charge on any atom is -0.476 e. The largest absolute Gasteiger partial charge is 0.476 e. The molecule has 0 aliphatic carbocycles. The standard InChI is InChI=1S/C18H19BrN2O7S.C17H17BrN2O7S/c1-3-11-9-27-10-13(19)16-20-14(18(23)26-2)15(17(22)21(11)16)28-29(24,25)12-7-5-4-6-8-12;1-2-10-8-26-9-12(18)15-19-13(17(22)23)14(16(21)20(10)15)27-28(24,25)11-6-4-3-5-7-11/h4-8,11,13H,3,9-10H2,1-2H3;3-7,10,12H,2,8-9H2,1H3,(H,22,23)/t11-,13?;10-,12?/m00/s1. The number of rotatable bonds is 10. The molecule has 306 valence electrons. The van der Waals surface area contributed by atoms with Gasteiger partial charge < -0.3 is 27.7 Å². The van der Waals surface area contributed by atoms with Crippen LogP contribution in [0.1, 0.15) is 81.1 Å². The highest BCUT2D eigenvalue weighted by molar-refractivity contribution is 9.09. The number of benzene rings is 2. The predicted octanol–water partition coefficient (Wildman–Crippen LogP) is 4.34. The summed E-state index contributed by atoms with van der Waals surface area (Å²) in [6, 6.07) is 13.6. The van der Waals surface area contributed by atoms with Crippen molar-refractivity contribution in [3.8, 4) is 11.5 Å². The van der Waals surface area contributed by atoms with Crippen LogP contribution in [0.2, 0.25) is 0 Å². The first-order chi connectivity index (χ1) is 27.1. The molecule has 0 fully saturated rings. The molecule has 0 radical (unpaired) electrons. The van der Waals surface area contributed by atoms with Gasteiger partial charge in [0.05, 0.1) is 55.3 Å². The average molecular weight is 961 g/mol. The van der Waals surface area contributed by atoms with Gasteiger partial charge in [0.25, 0.3) is 11.1 Å². The van der Waals surface area contributed by atoms with E-state index in [0.29, 0.717) is 12.8 Å². The Morgan fingerprint density at radius 1 is 0.719 bits per heavy atom. The summed E-state index contributed by atoms with van der Waals surface area (Å²) < 4.78 is 78.9. The second kappa shape index (κ2) is 18.4. The van der Waals surface area contributed by atoms with Crippen LogP contribution in [0.3, 0.4) is 0 Å². The van der Waals surface area contributed by atoms with Gasteiger partial charge in [-0.05, 0) is 37.1 Å². The number of ether oxygens (including phenoxy) is 3. The normalized spacial score (nSPS) is 19.3. The maximum atomic E-state index is 13.3. The number of methoxy groups -OCH3 is 1. The molecule has 1 N–H and O–H groups in total. The fourth-order valence-corrected chi connectivity index (χ4v) is 8.68. The maximum absolute atomic E-state index is 13.3. The lowest BCUT2D eigenvalue weighted by Gasteiger charge is -2.20. The van der Waals surface area contributed by atoms with Gasteiger partial charge in [-0.15, -0.1) is 0 Å². The summed E-state index contributed by atoms with van der Waals surface area (Å²) in [6.45, 7) is 4.52. The van der Waals surface area contributed by atoms with Crippen LogP contribution in [0.5, 0.6) is 11.5 Å². The van der Waals surface area contributed by atoms with Crippen molar-refractivity contribution >= 4 is 64.0 Å². The van der Waals surface area contributed by atoms with E-state index in [4.69, 9.17) is 22.6 Å². The highest BCUT2D eigenvalue weighted by atomic mass is 79.9. The van der Waals surface area contributed by atoms with Crippen LogP contribution in [0.15, 0.2) is 80.0 Å². The number of hydrogen-bond donors (Lipinski definition) is 1. The molecule has 2 aliphatic rings. The Bertz CT molecular complexity index is 2470. The number of halogens is 2. The second-order valence-electron chi connectivity index (χ2n) is 12.3. The lowest BCUT2D eigenvalue weighted by molar-refractivity contribution is 0.0589. The molecular weight excluding hydrogens is 924 g/mol. The van der Waals surface area contributed by atoms with E-state index in [0.717, 1.165) is 7.11 Å². The zero-order valence-electron chi connectivity index (χ0n) is 30.4. The van der Waals surface area contributed by atoms with Gasteiger partial charge in [0, 0.05) is 0 Å². The predicted molar refractivity (Wildman–Crippen MR) is 207 cm³/mol. The van der Waals surface area contributed by atoms with E-state index in [1.54, 1.807) is 12.1 Å². The zero-order valence-corrected chi connectivity index (χ0v) is 35.2. The van der Waals surface area contributed by atoms with Crippen LogP contribution < -0.4 is 19.5 Å². The molecule has 4 aromatic rings. The molecule has 2 unspecified atom stereocenters. The fourth-order valence-electron chi connectivity index (χ4n) is 5.75. The van der Waals surface area contributed by atoms with Gasteiger partial charge >= 0.3 is 32.2 Å². The summed E-state index contributed by atoms with van der Waals surface area (Å²) in [4.78, 5) is 57.3. The van der Waals surface area contributed by atoms with Crippen LogP contribution in [-0.4, -0.2) is 86.5 Å². The molecule has 0 spiro atoms. The number of alkyl halides is 2. The van der Waals surface area contributed by atoms with Crippen molar-refractivity contribution in [2.45, 2.75) is 58.2 Å². The molecule has 2 aromatic heterocycles. The monoisotopic (exact) mass is 958 g/mol. The average Bonchev–Trinajstić information content (AvgIpc) is 3.47. The number of aromatic carboxylic acids is 1. The molecule has 0 saturated carbocycles. The third kappa shape index (κ3) is 9.47. The fraction of sp³-hybridized carbons (Fsp3) is 0.371. The molecule has 4 atom stereocenters. The van der Waals surface area contributed by atoms with Gasteiger partial charge in [-0.3, -0.25) is 18.7 Å². The Hall–Kier alpha value is -4.48. The summed E-state index contributed by atoms with van der Waals surface area (Å²) in [6.07, 6.45) is 1.02. The molecule has 18 nitrogen and oxygen atoms in total. The quantitative estimate of drug-likeness (QED) is 0.132. The molecule has 4 heterocycles. The van der Waals surface area contributed by atoms with Gasteiger partial charge in [0.15, 0.2) is 11.4 Å². The van der Waals surface area contributed by atoms with E-state index >= 15 is 0 Å². The Morgan fingerprint density at radius 3 is 1.47 bits per heavy atom. The van der Waals surface area contributed by atoms with E-state index in [2.05, 4.69) is 41.8 Å². The van der Waals surface area contributed by atoms with Crippen LogP contribution in [0, 0.1) is 0 Å². The number of nitrogens with zero attached hydrogens (tertiary/aromatic N) is 4. The van der Waals surface area contributed by atoms with Crippen molar-refractivity contribution < 1.29 is 54.1 Å². The lowest BCUT2D eigenvalue weighted by Crippen LogP contribution is -2.34. The summed E-state index contributed by atoms with van der Waals surface area (Å²) in [5, 5.41) is 9.51. The number of carboxylic acids is 1. The highest BCUT2D eigenvalue weighted by Crippen LogP contribution is 2.32. The summed E-state index contributed by atoms with van der Waals surface area (Å²) in [7, 11) is -7.70. The van der Waals surface area contributed by atoms with E-state index < -0.39 is 87.9 Å². The lowest BCUT2D eigenvalue weighted by atomic mass is 10.2. The second-order valence-corrected chi connectivity index (χ2v) is 17.6. The number of aromatic nitrogens is 4. The number of fused-ring (bicyclic) bond motifs is 2. The maximum Gasteiger partial charge on any atom is 0.360 e. The van der Waals surface area contributed by atoms with Crippen LogP contribution in [0.25, 0.3) is 0 Å². The van der Waals surface area contributed by atoms with Gasteiger partial charge in [0.2, 0.25) is 11.5 Å². The number of esters is 1. The first-order valence-corrected chi connectivity index (χ1v) is 21.8. The SMILES string of the molecule is CC[C@H]1COCC(Br)c2nc(C(=O)O)c(OS(=O)(=O)c3ccccc3)c(=O)n21.CC[C@H]1COCC(Br)c2nc(C(=O)OC)c(OS(=O)(=O)c3ccccc3)c(=O)n21. The third-order valence-corrected chi connectivity index (χ3v) is 12.4. The Labute approximate surface area is 343 Å². The minimum atomic E-state index is -4.42. The molecule has 2 aliphatic heterocycles. The van der Waals surface area contributed by atoms with Gasteiger partial charge in [-0.2, -0.15) is 16.8 Å². The van der Waals surface area contributed by atoms with Crippen LogP contribution in [-0.2, 0) is 34.4 Å². The van der Waals surface area contributed by atoms with Gasteiger partial charge in [0.1, 0.15) is 21.4 Å². The number of carbonyl (C=O) groups excluding carboxylic acids is 1. The molecule has 22 heteroatoms. The first kappa shape index (κ1) is 43.6. The summed E-state index contributed by atoms with van der Waals surface area (Å²) in [5.74, 6) is -3.72.